The molecule has 1 radical (unpaired) electrons. The summed E-state index contributed by atoms with van der Waals surface area (Å²) >= 11 is 0. The summed E-state index contributed by atoms with van der Waals surface area (Å²) in [5.41, 5.74) is 3.01. The van der Waals surface area contributed by atoms with Crippen molar-refractivity contribution in [1.82, 2.24) is 9.80 Å². The van der Waals surface area contributed by atoms with Crippen LogP contribution in [0.3, 0.4) is 0 Å². The molecule has 0 atom stereocenters. The quantitative estimate of drug-likeness (QED) is 0.293. The van der Waals surface area contributed by atoms with Crippen molar-refractivity contribution in [2.45, 2.75) is 50.4 Å². The number of benzene rings is 2. The Hall–Kier alpha value is -1.37. The molecule has 6 heteroatoms. The predicted octanol–water partition coefficient (Wildman–Crippen LogP) is 5.52. The van der Waals surface area contributed by atoms with Gasteiger partial charge in [0.1, 0.15) is 0 Å². The molecule has 2 saturated heterocycles. The number of halogens is 1. The highest BCUT2D eigenvalue weighted by Gasteiger charge is 2.21. The van der Waals surface area contributed by atoms with E-state index in [1.165, 1.54) is 63.0 Å². The minimum atomic E-state index is 0. The number of piperidine rings is 2. The van der Waals surface area contributed by atoms with Crippen molar-refractivity contribution < 1.29 is 9.31 Å². The van der Waals surface area contributed by atoms with Crippen molar-refractivity contribution in [1.29, 1.82) is 0 Å². The molecule has 0 spiro atoms. The monoisotopic (exact) mass is 483 g/mol. The topological polar surface area (TPSA) is 24.9 Å². The Labute approximate surface area is 213 Å². The predicted molar refractivity (Wildman–Crippen MR) is 144 cm³/mol. The fourth-order valence-corrected chi connectivity index (χ4v) is 5.32. The molecule has 0 saturated carbocycles. The van der Waals surface area contributed by atoms with Gasteiger partial charge in [-0.15, -0.1) is 12.4 Å². The number of rotatable bonds is 12. The summed E-state index contributed by atoms with van der Waals surface area (Å²) in [5, 5.41) is 0. The van der Waals surface area contributed by atoms with Gasteiger partial charge in [-0.25, -0.2) is 0 Å². The molecule has 34 heavy (non-hydrogen) atoms. The SMILES string of the molecule is Cl.[B](OCCCN1CCC(c2ccccc2)CC1)OCCCN1CCC(c2ccccc2)CC1. The molecule has 4 rings (SSSR count). The molecule has 2 aliphatic rings. The lowest BCUT2D eigenvalue weighted by Crippen LogP contribution is -2.34. The molecule has 2 fully saturated rings. The third kappa shape index (κ3) is 9.01. The molecule has 2 aromatic carbocycles. The second kappa shape index (κ2) is 15.6. The van der Waals surface area contributed by atoms with E-state index in [-0.39, 0.29) is 12.4 Å². The van der Waals surface area contributed by atoms with E-state index in [1.807, 2.05) is 0 Å². The van der Waals surface area contributed by atoms with Gasteiger partial charge in [-0.05, 0) is 87.7 Å². The van der Waals surface area contributed by atoms with Gasteiger partial charge in [0, 0.05) is 26.3 Å². The Kier molecular flexibility index (Phi) is 12.5. The van der Waals surface area contributed by atoms with Crippen LogP contribution in [0.15, 0.2) is 60.7 Å². The normalized spacial score (nSPS) is 18.5. The van der Waals surface area contributed by atoms with Crippen LogP contribution in [-0.2, 0) is 9.31 Å². The van der Waals surface area contributed by atoms with Crippen LogP contribution in [0.5, 0.6) is 0 Å². The van der Waals surface area contributed by atoms with Crippen LogP contribution in [0, 0.1) is 0 Å². The lowest BCUT2D eigenvalue weighted by atomic mass is 9.89. The summed E-state index contributed by atoms with van der Waals surface area (Å²) < 4.78 is 11.2. The third-order valence-corrected chi connectivity index (χ3v) is 7.33. The number of hydrogen-bond acceptors (Lipinski definition) is 4. The van der Waals surface area contributed by atoms with Gasteiger partial charge in [0.05, 0.1) is 0 Å². The van der Waals surface area contributed by atoms with Crippen LogP contribution >= 0.6 is 12.4 Å². The van der Waals surface area contributed by atoms with E-state index in [0.29, 0.717) is 0 Å². The average molecular weight is 484 g/mol. The van der Waals surface area contributed by atoms with Crippen molar-refractivity contribution in [2.75, 3.05) is 52.5 Å². The molecule has 4 nitrogen and oxygen atoms in total. The summed E-state index contributed by atoms with van der Waals surface area (Å²) in [4.78, 5) is 5.15. The van der Waals surface area contributed by atoms with Crippen molar-refractivity contribution in [3.63, 3.8) is 0 Å². The van der Waals surface area contributed by atoms with Crippen molar-refractivity contribution in [3.8, 4) is 0 Å². The van der Waals surface area contributed by atoms with Crippen molar-refractivity contribution in [3.05, 3.63) is 71.8 Å². The Balaban J connectivity index is 0.00000324. The fourth-order valence-electron chi connectivity index (χ4n) is 5.32. The van der Waals surface area contributed by atoms with E-state index >= 15 is 0 Å². The molecule has 0 aliphatic carbocycles. The fraction of sp³-hybridized carbons (Fsp3) is 0.571. The molecule has 0 unspecified atom stereocenters. The van der Waals surface area contributed by atoms with Gasteiger partial charge in [-0.1, -0.05) is 60.7 Å². The van der Waals surface area contributed by atoms with Gasteiger partial charge in [0.2, 0.25) is 0 Å². The zero-order valence-corrected chi connectivity index (χ0v) is 21.3. The maximum Gasteiger partial charge on any atom is 0.487 e. The Morgan fingerprint density at radius 2 is 1.00 bits per heavy atom. The summed E-state index contributed by atoms with van der Waals surface area (Å²) in [7, 11) is 1.56. The summed E-state index contributed by atoms with van der Waals surface area (Å²) in [6.07, 6.45) is 7.20. The second-order valence-corrected chi connectivity index (χ2v) is 9.60. The van der Waals surface area contributed by atoms with Crippen molar-refractivity contribution in [2.24, 2.45) is 0 Å². The van der Waals surface area contributed by atoms with Gasteiger partial charge in [0.15, 0.2) is 0 Å². The summed E-state index contributed by atoms with van der Waals surface area (Å²) in [5.74, 6) is 1.46. The second-order valence-electron chi connectivity index (χ2n) is 9.60. The van der Waals surface area contributed by atoms with Crippen LogP contribution in [0.4, 0.5) is 0 Å². The largest absolute Gasteiger partial charge is 0.487 e. The van der Waals surface area contributed by atoms with Crippen molar-refractivity contribution >= 4 is 20.1 Å². The minimum Gasteiger partial charge on any atom is -0.413 e. The third-order valence-electron chi connectivity index (χ3n) is 7.33. The van der Waals surface area contributed by atoms with E-state index in [0.717, 1.165) is 51.0 Å². The van der Waals surface area contributed by atoms with Crippen LogP contribution < -0.4 is 0 Å². The molecular formula is C28H41BClN2O2. The summed E-state index contributed by atoms with van der Waals surface area (Å²) in [6, 6.07) is 22.0. The molecule has 0 amide bonds. The van der Waals surface area contributed by atoms with Gasteiger partial charge >= 0.3 is 7.69 Å². The maximum atomic E-state index is 5.58. The van der Waals surface area contributed by atoms with Gasteiger partial charge < -0.3 is 19.1 Å². The molecule has 0 aromatic heterocycles. The zero-order valence-electron chi connectivity index (χ0n) is 20.5. The summed E-state index contributed by atoms with van der Waals surface area (Å²) in [6.45, 7) is 8.51. The lowest BCUT2D eigenvalue weighted by Gasteiger charge is -2.32. The van der Waals surface area contributed by atoms with Gasteiger partial charge in [-0.2, -0.15) is 0 Å². The molecule has 2 heterocycles. The Bertz CT molecular complexity index is 701. The molecule has 2 aromatic rings. The first-order valence-electron chi connectivity index (χ1n) is 13.0. The first-order valence-corrected chi connectivity index (χ1v) is 13.0. The minimum absolute atomic E-state index is 0. The molecular weight excluding hydrogens is 443 g/mol. The van der Waals surface area contributed by atoms with Crippen LogP contribution in [0.25, 0.3) is 0 Å². The smallest absolute Gasteiger partial charge is 0.413 e. The highest BCUT2D eigenvalue weighted by atomic mass is 35.5. The van der Waals surface area contributed by atoms with Gasteiger partial charge in [0.25, 0.3) is 0 Å². The van der Waals surface area contributed by atoms with E-state index in [9.17, 15) is 0 Å². The highest BCUT2D eigenvalue weighted by molar-refractivity contribution is 6.17. The molecule has 0 bridgehead atoms. The lowest BCUT2D eigenvalue weighted by molar-refractivity contribution is 0.167. The van der Waals surface area contributed by atoms with E-state index in [2.05, 4.69) is 70.5 Å². The van der Waals surface area contributed by atoms with E-state index < -0.39 is 0 Å². The standard InChI is InChI=1S/C28H40BN2O2.ClH/c1-3-9-25(10-4-1)27-13-19-30(20-14-27)17-7-23-32-29-33-24-8-18-31-21-15-28(16-22-31)26-11-5-2-6-12-26;/h1-6,9-12,27-28H,7-8,13-24H2;1H. The van der Waals surface area contributed by atoms with E-state index in [4.69, 9.17) is 9.31 Å². The number of likely N-dealkylation sites (tertiary alicyclic amines) is 2. The maximum absolute atomic E-state index is 5.58. The van der Waals surface area contributed by atoms with Gasteiger partial charge in [-0.3, -0.25) is 0 Å². The first-order chi connectivity index (χ1) is 16.4. The van der Waals surface area contributed by atoms with E-state index in [1.54, 1.807) is 7.69 Å². The Morgan fingerprint density at radius 3 is 1.38 bits per heavy atom. The van der Waals surface area contributed by atoms with Crippen LogP contribution in [-0.4, -0.2) is 70.0 Å². The molecule has 185 valence electrons. The molecule has 2 aliphatic heterocycles. The van der Waals surface area contributed by atoms with Crippen LogP contribution in [0.1, 0.15) is 61.5 Å². The average Bonchev–Trinajstić information content (AvgIpc) is 2.89. The number of nitrogens with zero attached hydrogens (tertiary/aromatic N) is 2. The number of hydrogen-bond donors (Lipinski definition) is 0. The van der Waals surface area contributed by atoms with Crippen LogP contribution in [0.2, 0.25) is 0 Å². The Morgan fingerprint density at radius 1 is 0.618 bits per heavy atom. The first kappa shape index (κ1) is 27.2. The highest BCUT2D eigenvalue weighted by Crippen LogP contribution is 2.28. The molecule has 0 N–H and O–H groups in total. The zero-order chi connectivity index (χ0) is 22.6.